The first kappa shape index (κ1) is 28.4. The van der Waals surface area contributed by atoms with Crippen molar-refractivity contribution in [3.05, 3.63) is 57.2 Å². The number of benzene rings is 1. The fourth-order valence-electron chi connectivity index (χ4n) is 7.91. The summed E-state index contributed by atoms with van der Waals surface area (Å²) < 4.78 is 0.907. The van der Waals surface area contributed by atoms with Gasteiger partial charge in [0, 0.05) is 56.5 Å². The molecule has 2 aromatic rings. The highest BCUT2D eigenvalue weighted by molar-refractivity contribution is 9.10. The van der Waals surface area contributed by atoms with Crippen LogP contribution < -0.4 is 10.2 Å². The smallest absolute Gasteiger partial charge is 0.252 e. The molecule has 8 heteroatoms. The normalized spacial score (nSPS) is 27.3. The number of anilines is 1. The molecule has 3 saturated carbocycles. The third kappa shape index (κ3) is 5.95. The van der Waals surface area contributed by atoms with Crippen LogP contribution in [0.5, 0.6) is 0 Å². The minimum absolute atomic E-state index is 0.00812. The molecule has 2 saturated heterocycles. The van der Waals surface area contributed by atoms with Crippen LogP contribution in [0.15, 0.2) is 41.0 Å². The lowest BCUT2D eigenvalue weighted by Gasteiger charge is -2.60. The van der Waals surface area contributed by atoms with E-state index in [9.17, 15) is 4.79 Å². The van der Waals surface area contributed by atoms with Crippen molar-refractivity contribution >= 4 is 39.3 Å². The van der Waals surface area contributed by atoms with Gasteiger partial charge in [-0.3, -0.25) is 14.6 Å². The first-order valence-corrected chi connectivity index (χ1v) is 16.3. The summed E-state index contributed by atoms with van der Waals surface area (Å²) in [6.45, 7) is 12.9. The molecule has 3 aliphatic carbocycles. The van der Waals surface area contributed by atoms with Gasteiger partial charge in [-0.05, 0) is 108 Å². The van der Waals surface area contributed by atoms with Crippen molar-refractivity contribution in [3.63, 3.8) is 0 Å². The van der Waals surface area contributed by atoms with Gasteiger partial charge in [0.15, 0.2) is 0 Å². The Bertz CT molecular complexity index is 1190. The molecule has 7 rings (SSSR count). The number of rotatable bonds is 7. The van der Waals surface area contributed by atoms with Crippen molar-refractivity contribution in [1.29, 1.82) is 0 Å². The number of nitrogens with zero attached hydrogens (tertiary/aromatic N) is 4. The minimum Gasteiger partial charge on any atom is -0.353 e. The second-order valence-corrected chi connectivity index (χ2v) is 14.4. The van der Waals surface area contributed by atoms with Gasteiger partial charge < -0.3 is 10.2 Å². The summed E-state index contributed by atoms with van der Waals surface area (Å²) in [6.07, 6.45) is 8.09. The standard InChI is InChI=1S/C32H43BrClN5O/c1-32(2)25-6-5-23(28(32)18-25)19-36-31(40)24-17-29(33)30(35-20-24)39-15-13-38(14-16-39)27-9-11-37(12-10-27)21-22-3-7-26(34)8-4-22/h3-4,7-8,17,20,23,25,27-28H,5-6,9-16,18-19,21H2,1-2H3,(H,36,40). The molecule has 0 radical (unpaired) electrons. The number of carbonyl (C=O) groups is 1. The van der Waals surface area contributed by atoms with Crippen molar-refractivity contribution in [1.82, 2.24) is 20.1 Å². The number of nitrogens with one attached hydrogen (secondary N) is 1. The lowest BCUT2D eigenvalue weighted by molar-refractivity contribution is -0.103. The molecule has 5 fully saturated rings. The quantitative estimate of drug-likeness (QED) is 0.403. The number of pyridine rings is 1. The van der Waals surface area contributed by atoms with E-state index in [1.807, 2.05) is 18.2 Å². The average Bonchev–Trinajstić information content (AvgIpc) is 2.97. The highest BCUT2D eigenvalue weighted by Gasteiger charge is 2.53. The Labute approximate surface area is 253 Å². The van der Waals surface area contributed by atoms with Crippen molar-refractivity contribution in [2.24, 2.45) is 23.2 Å². The van der Waals surface area contributed by atoms with Gasteiger partial charge in [-0.25, -0.2) is 4.98 Å². The predicted molar refractivity (Wildman–Crippen MR) is 166 cm³/mol. The maximum Gasteiger partial charge on any atom is 0.252 e. The van der Waals surface area contributed by atoms with E-state index >= 15 is 0 Å². The number of likely N-dealkylation sites (tertiary alicyclic amines) is 1. The molecule has 6 nitrogen and oxygen atoms in total. The van der Waals surface area contributed by atoms with Crippen LogP contribution >= 0.6 is 27.5 Å². The fourth-order valence-corrected chi connectivity index (χ4v) is 8.64. The number of amides is 1. The number of aromatic nitrogens is 1. The van der Waals surface area contributed by atoms with Gasteiger partial charge in [0.05, 0.1) is 10.0 Å². The van der Waals surface area contributed by atoms with E-state index in [0.717, 1.165) is 79.5 Å². The topological polar surface area (TPSA) is 51.7 Å². The number of fused-ring (bicyclic) bond motifs is 2. The number of hydrogen-bond donors (Lipinski definition) is 1. The summed E-state index contributed by atoms with van der Waals surface area (Å²) >= 11 is 9.77. The summed E-state index contributed by atoms with van der Waals surface area (Å²) in [7, 11) is 0. The van der Waals surface area contributed by atoms with Gasteiger partial charge in [-0.2, -0.15) is 0 Å². The third-order valence-electron chi connectivity index (χ3n) is 10.6. The molecule has 1 amide bonds. The Balaban J connectivity index is 0.957. The molecule has 3 heterocycles. The van der Waals surface area contributed by atoms with Crippen LogP contribution in [-0.2, 0) is 6.54 Å². The summed E-state index contributed by atoms with van der Waals surface area (Å²) in [5, 5.41) is 4.02. The van der Waals surface area contributed by atoms with E-state index in [2.05, 4.69) is 61.9 Å². The van der Waals surface area contributed by atoms with Crippen molar-refractivity contribution in [2.45, 2.75) is 58.5 Å². The van der Waals surface area contributed by atoms with Crippen LogP contribution in [0.2, 0.25) is 5.02 Å². The highest BCUT2D eigenvalue weighted by atomic mass is 79.9. The highest BCUT2D eigenvalue weighted by Crippen LogP contribution is 2.61. The van der Waals surface area contributed by atoms with Crippen molar-refractivity contribution in [3.8, 4) is 0 Å². The van der Waals surface area contributed by atoms with E-state index in [1.165, 1.54) is 37.7 Å². The van der Waals surface area contributed by atoms with E-state index in [1.54, 1.807) is 6.20 Å². The number of piperazine rings is 1. The SMILES string of the molecule is CC1(C)C2CCC(CNC(=O)c3cnc(N4CCN(C5CCN(Cc6ccc(Cl)cc6)CC5)CC4)c(Br)c3)C1C2. The zero-order valence-corrected chi connectivity index (χ0v) is 26.3. The first-order chi connectivity index (χ1) is 19.3. The van der Waals surface area contributed by atoms with E-state index in [-0.39, 0.29) is 5.91 Å². The molecule has 3 atom stereocenters. The minimum atomic E-state index is -0.00812. The molecular formula is C32H43BrClN5O. The number of hydrogen-bond acceptors (Lipinski definition) is 5. The van der Waals surface area contributed by atoms with E-state index < -0.39 is 0 Å². The molecule has 216 valence electrons. The predicted octanol–water partition coefficient (Wildman–Crippen LogP) is 6.09. The zero-order chi connectivity index (χ0) is 27.9. The lowest BCUT2D eigenvalue weighted by atomic mass is 9.45. The molecular weight excluding hydrogens is 586 g/mol. The summed E-state index contributed by atoms with van der Waals surface area (Å²) in [5.41, 5.74) is 2.42. The van der Waals surface area contributed by atoms with Crippen LogP contribution in [0, 0.1) is 23.2 Å². The Hall–Kier alpha value is -1.67. The molecule has 2 bridgehead atoms. The van der Waals surface area contributed by atoms with Crippen LogP contribution in [0.4, 0.5) is 5.82 Å². The number of halogens is 2. The van der Waals surface area contributed by atoms with Gasteiger partial charge in [0.2, 0.25) is 0 Å². The van der Waals surface area contributed by atoms with Gasteiger partial charge in [-0.1, -0.05) is 37.6 Å². The molecule has 1 aromatic heterocycles. The maximum absolute atomic E-state index is 13.0. The summed E-state index contributed by atoms with van der Waals surface area (Å²) in [5.74, 6) is 3.18. The third-order valence-corrected chi connectivity index (χ3v) is 11.5. The largest absolute Gasteiger partial charge is 0.353 e. The van der Waals surface area contributed by atoms with Gasteiger partial charge >= 0.3 is 0 Å². The van der Waals surface area contributed by atoms with Gasteiger partial charge in [0.1, 0.15) is 5.82 Å². The Morgan fingerprint density at radius 1 is 1.05 bits per heavy atom. The van der Waals surface area contributed by atoms with Crippen LogP contribution in [-0.4, -0.2) is 72.5 Å². The van der Waals surface area contributed by atoms with E-state index in [0.29, 0.717) is 22.9 Å². The van der Waals surface area contributed by atoms with Crippen molar-refractivity contribution < 1.29 is 4.79 Å². The molecule has 1 N–H and O–H groups in total. The number of piperidine rings is 1. The molecule has 5 aliphatic rings. The number of carbonyl (C=O) groups excluding carboxylic acids is 1. The Morgan fingerprint density at radius 2 is 1.77 bits per heavy atom. The maximum atomic E-state index is 13.0. The van der Waals surface area contributed by atoms with E-state index in [4.69, 9.17) is 16.6 Å². The molecule has 0 spiro atoms. The van der Waals surface area contributed by atoms with Crippen LogP contribution in [0.1, 0.15) is 61.9 Å². The molecule has 1 aromatic carbocycles. The summed E-state index contributed by atoms with van der Waals surface area (Å²) in [4.78, 5) is 25.3. The van der Waals surface area contributed by atoms with Crippen LogP contribution in [0.25, 0.3) is 0 Å². The zero-order valence-electron chi connectivity index (χ0n) is 23.9. The van der Waals surface area contributed by atoms with Crippen molar-refractivity contribution in [2.75, 3.05) is 50.7 Å². The van der Waals surface area contributed by atoms with Gasteiger partial charge in [-0.15, -0.1) is 0 Å². The fraction of sp³-hybridized carbons (Fsp3) is 0.625. The Morgan fingerprint density at radius 3 is 2.42 bits per heavy atom. The second-order valence-electron chi connectivity index (χ2n) is 13.1. The van der Waals surface area contributed by atoms with Crippen LogP contribution in [0.3, 0.4) is 0 Å². The summed E-state index contributed by atoms with van der Waals surface area (Å²) in [6, 6.07) is 10.9. The van der Waals surface area contributed by atoms with Gasteiger partial charge in [0.25, 0.3) is 5.91 Å². The lowest BCUT2D eigenvalue weighted by Crippen LogP contribution is -2.54. The second kappa shape index (κ2) is 11.9. The molecule has 2 aliphatic heterocycles. The first-order valence-electron chi connectivity index (χ1n) is 15.2. The molecule has 40 heavy (non-hydrogen) atoms. The Kier molecular flexibility index (Phi) is 8.47. The average molecular weight is 629 g/mol. The monoisotopic (exact) mass is 627 g/mol. The molecule has 3 unspecified atom stereocenters.